The van der Waals surface area contributed by atoms with Gasteiger partial charge in [0.1, 0.15) is 0 Å². The molecule has 0 aliphatic heterocycles. The molecule has 7 nitrogen and oxygen atoms in total. The lowest BCUT2D eigenvalue weighted by Gasteiger charge is -2.13. The molecular weight excluding hydrogens is 531 g/mol. The summed E-state index contributed by atoms with van der Waals surface area (Å²) in [5.41, 5.74) is 3.60. The van der Waals surface area contributed by atoms with E-state index >= 15 is 0 Å². The van der Waals surface area contributed by atoms with Crippen molar-refractivity contribution in [1.29, 1.82) is 0 Å². The van der Waals surface area contributed by atoms with Gasteiger partial charge < -0.3 is 14.6 Å². The molecule has 0 aliphatic carbocycles. The zero-order valence-electron chi connectivity index (χ0n) is 14.2. The Morgan fingerprint density at radius 2 is 2.04 bits per heavy atom. The van der Waals surface area contributed by atoms with Gasteiger partial charge in [-0.25, -0.2) is 10.2 Å². The number of halogens is 2. The van der Waals surface area contributed by atoms with Crippen LogP contribution in [0.2, 0.25) is 0 Å². The summed E-state index contributed by atoms with van der Waals surface area (Å²) in [7, 11) is 0. The first kappa shape index (κ1) is 21.2. The van der Waals surface area contributed by atoms with Crippen molar-refractivity contribution in [1.82, 2.24) is 5.43 Å². The molecule has 0 unspecified atom stereocenters. The van der Waals surface area contributed by atoms with E-state index in [9.17, 15) is 9.59 Å². The third kappa shape index (κ3) is 6.21. The number of aliphatic carboxylic acids is 1. The van der Waals surface area contributed by atoms with Gasteiger partial charge in [0.2, 0.25) is 0 Å². The van der Waals surface area contributed by atoms with Crippen molar-refractivity contribution in [3.05, 3.63) is 55.6 Å². The monoisotopic (exact) mass is 546 g/mol. The van der Waals surface area contributed by atoms with E-state index in [2.05, 4.69) is 26.5 Å². The first-order chi connectivity index (χ1) is 12.9. The molecule has 2 N–H and O–H groups in total. The van der Waals surface area contributed by atoms with Gasteiger partial charge in [0.15, 0.2) is 18.1 Å². The Bertz CT molecular complexity index is 873. The van der Waals surface area contributed by atoms with Gasteiger partial charge in [0.25, 0.3) is 5.91 Å². The second-order valence-electron chi connectivity index (χ2n) is 5.12. The maximum atomic E-state index is 12.1. The van der Waals surface area contributed by atoms with Crippen LogP contribution in [-0.4, -0.2) is 36.4 Å². The third-order valence-corrected chi connectivity index (χ3v) is 4.66. The minimum Gasteiger partial charge on any atom is -0.490 e. The fourth-order valence-corrected chi connectivity index (χ4v) is 3.32. The quantitative estimate of drug-likeness (QED) is 0.299. The molecule has 2 rings (SSSR count). The van der Waals surface area contributed by atoms with Gasteiger partial charge in [0.05, 0.1) is 22.0 Å². The van der Waals surface area contributed by atoms with Crippen molar-refractivity contribution >= 4 is 56.6 Å². The van der Waals surface area contributed by atoms with Crippen LogP contribution in [0.5, 0.6) is 11.5 Å². The van der Waals surface area contributed by atoms with Crippen LogP contribution in [-0.2, 0) is 4.79 Å². The highest BCUT2D eigenvalue weighted by Crippen LogP contribution is 2.33. The lowest BCUT2D eigenvalue weighted by molar-refractivity contribution is -0.139. The van der Waals surface area contributed by atoms with Crippen molar-refractivity contribution in [2.75, 3.05) is 13.2 Å². The number of carbonyl (C=O) groups excluding carboxylic acids is 1. The number of benzene rings is 2. The van der Waals surface area contributed by atoms with Crippen molar-refractivity contribution in [2.45, 2.75) is 6.92 Å². The Morgan fingerprint density at radius 3 is 2.70 bits per heavy atom. The number of hydrogen-bond donors (Lipinski definition) is 2. The van der Waals surface area contributed by atoms with Gasteiger partial charge in [-0.05, 0) is 75.3 Å². The highest BCUT2D eigenvalue weighted by molar-refractivity contribution is 14.1. The Balaban J connectivity index is 2.15. The molecule has 0 spiro atoms. The molecule has 0 bridgehead atoms. The smallest absolute Gasteiger partial charge is 0.341 e. The standard InChI is InChI=1S/C18H16BrIN2O5/c1-2-26-15-8-11(7-14(20)17(15)27-10-16(23)24)9-21-22-18(25)12-5-3-4-6-13(12)19/h3-9H,2,10H2,1H3,(H,22,25)(H,23,24)/b21-9-. The molecule has 0 aromatic heterocycles. The van der Waals surface area contributed by atoms with Crippen LogP contribution in [0.15, 0.2) is 46.0 Å². The number of hydrazone groups is 1. The van der Waals surface area contributed by atoms with E-state index in [1.165, 1.54) is 6.21 Å². The Kier molecular flexibility index (Phi) is 8.04. The summed E-state index contributed by atoms with van der Waals surface area (Å²) in [5, 5.41) is 12.8. The summed E-state index contributed by atoms with van der Waals surface area (Å²) < 4.78 is 12.2. The fraction of sp³-hybridized carbons (Fsp3) is 0.167. The largest absolute Gasteiger partial charge is 0.490 e. The van der Waals surface area contributed by atoms with E-state index in [1.807, 2.05) is 35.6 Å². The second kappa shape index (κ2) is 10.3. The molecular formula is C18H16BrIN2O5. The summed E-state index contributed by atoms with van der Waals surface area (Å²) in [6.07, 6.45) is 1.47. The maximum Gasteiger partial charge on any atom is 0.341 e. The lowest BCUT2D eigenvalue weighted by Crippen LogP contribution is -2.18. The molecule has 0 saturated carbocycles. The van der Waals surface area contributed by atoms with E-state index in [4.69, 9.17) is 14.6 Å². The molecule has 2 aromatic rings. The predicted molar refractivity (Wildman–Crippen MR) is 113 cm³/mol. The van der Waals surface area contributed by atoms with Gasteiger partial charge >= 0.3 is 5.97 Å². The number of carboxylic acid groups (broad SMARTS) is 1. The van der Waals surface area contributed by atoms with Crippen LogP contribution in [0, 0.1) is 3.57 Å². The van der Waals surface area contributed by atoms with Gasteiger partial charge in [-0.2, -0.15) is 5.10 Å². The van der Waals surface area contributed by atoms with Gasteiger partial charge in [-0.15, -0.1) is 0 Å². The first-order valence-electron chi connectivity index (χ1n) is 7.81. The molecule has 0 fully saturated rings. The van der Waals surface area contributed by atoms with Gasteiger partial charge in [-0.1, -0.05) is 12.1 Å². The molecule has 2 aromatic carbocycles. The number of nitrogens with zero attached hydrogens (tertiary/aromatic N) is 1. The number of ether oxygens (including phenoxy) is 2. The van der Waals surface area contributed by atoms with E-state index in [0.29, 0.717) is 37.3 Å². The van der Waals surface area contributed by atoms with E-state index in [1.54, 1.807) is 30.3 Å². The van der Waals surface area contributed by atoms with Gasteiger partial charge in [-0.3, -0.25) is 4.79 Å². The highest BCUT2D eigenvalue weighted by atomic mass is 127. The molecule has 27 heavy (non-hydrogen) atoms. The Morgan fingerprint density at radius 1 is 1.30 bits per heavy atom. The normalized spacial score (nSPS) is 10.6. The molecule has 9 heteroatoms. The lowest BCUT2D eigenvalue weighted by atomic mass is 10.2. The SMILES string of the molecule is CCOc1cc(/C=N\NC(=O)c2ccccc2Br)cc(I)c1OCC(=O)O. The number of rotatable bonds is 8. The summed E-state index contributed by atoms with van der Waals surface area (Å²) in [6, 6.07) is 10.4. The molecule has 0 heterocycles. The maximum absolute atomic E-state index is 12.1. The van der Waals surface area contributed by atoms with E-state index < -0.39 is 12.6 Å². The number of hydrogen-bond acceptors (Lipinski definition) is 5. The van der Waals surface area contributed by atoms with Crippen molar-refractivity contribution in [2.24, 2.45) is 5.10 Å². The van der Waals surface area contributed by atoms with Crippen molar-refractivity contribution in [3.63, 3.8) is 0 Å². The van der Waals surface area contributed by atoms with Crippen molar-refractivity contribution in [3.8, 4) is 11.5 Å². The highest BCUT2D eigenvalue weighted by Gasteiger charge is 2.13. The molecule has 0 saturated heterocycles. The number of amides is 1. The van der Waals surface area contributed by atoms with E-state index in [0.717, 1.165) is 0 Å². The molecule has 0 aliphatic rings. The summed E-state index contributed by atoms with van der Waals surface area (Å²) in [6.45, 7) is 1.73. The predicted octanol–water partition coefficient (Wildman–Crippen LogP) is 3.68. The Labute approximate surface area is 178 Å². The average molecular weight is 547 g/mol. The number of carboxylic acids is 1. The summed E-state index contributed by atoms with van der Waals surface area (Å²) in [5.74, 6) is -0.660. The van der Waals surface area contributed by atoms with Crippen LogP contribution in [0.25, 0.3) is 0 Å². The number of nitrogens with one attached hydrogen (secondary N) is 1. The summed E-state index contributed by atoms with van der Waals surface area (Å²) in [4.78, 5) is 22.9. The van der Waals surface area contributed by atoms with Crippen LogP contribution >= 0.6 is 38.5 Å². The third-order valence-electron chi connectivity index (χ3n) is 3.17. The zero-order valence-corrected chi connectivity index (χ0v) is 18.0. The molecule has 1 amide bonds. The van der Waals surface area contributed by atoms with E-state index in [-0.39, 0.29) is 5.91 Å². The zero-order chi connectivity index (χ0) is 19.8. The Hall–Kier alpha value is -2.14. The molecule has 142 valence electrons. The topological polar surface area (TPSA) is 97.2 Å². The van der Waals surface area contributed by atoms with Crippen molar-refractivity contribution < 1.29 is 24.2 Å². The van der Waals surface area contributed by atoms with Gasteiger partial charge in [0, 0.05) is 4.47 Å². The summed E-state index contributed by atoms with van der Waals surface area (Å²) >= 11 is 5.34. The van der Waals surface area contributed by atoms with Crippen LogP contribution < -0.4 is 14.9 Å². The van der Waals surface area contributed by atoms with Crippen LogP contribution in [0.3, 0.4) is 0 Å². The fourth-order valence-electron chi connectivity index (χ4n) is 2.07. The van der Waals surface area contributed by atoms with Crippen LogP contribution in [0.1, 0.15) is 22.8 Å². The molecule has 0 atom stereocenters. The minimum absolute atomic E-state index is 0.347. The number of carbonyl (C=O) groups is 2. The second-order valence-corrected chi connectivity index (χ2v) is 7.14. The molecule has 0 radical (unpaired) electrons. The minimum atomic E-state index is -1.08. The average Bonchev–Trinajstić information content (AvgIpc) is 2.61. The van der Waals surface area contributed by atoms with Crippen LogP contribution in [0.4, 0.5) is 0 Å². The first-order valence-corrected chi connectivity index (χ1v) is 9.68.